The van der Waals surface area contributed by atoms with Gasteiger partial charge in [0.25, 0.3) is 5.56 Å². The van der Waals surface area contributed by atoms with Crippen molar-refractivity contribution in [1.29, 1.82) is 0 Å². The molecule has 3 aromatic heterocycles. The molecule has 0 saturated heterocycles. The van der Waals surface area contributed by atoms with Crippen molar-refractivity contribution in [3.05, 3.63) is 104 Å². The van der Waals surface area contributed by atoms with E-state index < -0.39 is 5.76 Å². The van der Waals surface area contributed by atoms with Crippen LogP contribution >= 0.6 is 0 Å². The minimum Gasteiger partial charge on any atom is -0.339 e. The first-order valence-corrected chi connectivity index (χ1v) is 14.9. The molecule has 0 spiro atoms. The lowest BCUT2D eigenvalue weighted by Crippen LogP contribution is -2.30. The Morgan fingerprint density at radius 3 is 2.33 bits per heavy atom. The average molecular weight is 583 g/mol. The van der Waals surface area contributed by atoms with Crippen molar-refractivity contribution in [3.8, 4) is 22.5 Å². The van der Waals surface area contributed by atoms with E-state index in [2.05, 4.69) is 48.0 Å². The molecule has 1 N–H and O–H groups in total. The summed E-state index contributed by atoms with van der Waals surface area (Å²) in [7, 11) is 0. The van der Waals surface area contributed by atoms with Crippen LogP contribution in [-0.2, 0) is 24.8 Å². The van der Waals surface area contributed by atoms with Crippen LogP contribution in [0.25, 0.3) is 22.5 Å². The molecule has 43 heavy (non-hydrogen) atoms. The highest BCUT2D eigenvalue weighted by atomic mass is 16.5. The molecule has 0 aliphatic carbocycles. The van der Waals surface area contributed by atoms with Gasteiger partial charge in [-0.3, -0.25) is 18.9 Å². The van der Waals surface area contributed by atoms with Crippen LogP contribution in [0.5, 0.6) is 0 Å². The van der Waals surface area contributed by atoms with Crippen LogP contribution < -0.4 is 11.3 Å². The molecule has 5 rings (SSSR count). The number of aromatic amines is 1. The molecule has 0 aliphatic heterocycles. The number of unbranched alkanes of at least 4 members (excludes halogenated alkanes) is 1. The summed E-state index contributed by atoms with van der Waals surface area (Å²) in [6.07, 6.45) is 4.84. The van der Waals surface area contributed by atoms with Crippen LogP contribution in [0.3, 0.4) is 0 Å². The second-order valence-electron chi connectivity index (χ2n) is 11.6. The number of aromatic nitrogens is 6. The van der Waals surface area contributed by atoms with Crippen molar-refractivity contribution in [2.45, 2.75) is 85.1 Å². The van der Waals surface area contributed by atoms with Crippen molar-refractivity contribution < 1.29 is 9.05 Å². The molecule has 0 radical (unpaired) electrons. The van der Waals surface area contributed by atoms with Crippen LogP contribution in [0.2, 0.25) is 0 Å². The first-order valence-electron chi connectivity index (χ1n) is 14.9. The van der Waals surface area contributed by atoms with E-state index in [0.29, 0.717) is 41.8 Å². The Balaban J connectivity index is 1.45. The highest BCUT2D eigenvalue weighted by molar-refractivity contribution is 5.80. The van der Waals surface area contributed by atoms with Crippen molar-refractivity contribution in [1.82, 2.24) is 29.8 Å². The maximum atomic E-state index is 14.0. The second kappa shape index (κ2) is 12.7. The lowest BCUT2D eigenvalue weighted by Gasteiger charge is -2.18. The maximum Gasteiger partial charge on any atom is 0.439 e. The van der Waals surface area contributed by atoms with E-state index >= 15 is 0 Å². The molecule has 0 aliphatic rings. The maximum absolute atomic E-state index is 14.0. The second-order valence-corrected chi connectivity index (χ2v) is 11.6. The van der Waals surface area contributed by atoms with Gasteiger partial charge in [0.15, 0.2) is 11.6 Å². The summed E-state index contributed by atoms with van der Waals surface area (Å²) in [5, 5.41) is 8.08. The largest absolute Gasteiger partial charge is 0.439 e. The van der Waals surface area contributed by atoms with Crippen LogP contribution in [0.4, 0.5) is 0 Å². The topological polar surface area (TPSA) is 133 Å². The van der Waals surface area contributed by atoms with Crippen molar-refractivity contribution in [3.63, 3.8) is 0 Å². The third-order valence-corrected chi connectivity index (χ3v) is 7.81. The quantitative estimate of drug-likeness (QED) is 0.189. The Bertz CT molecular complexity index is 1810. The van der Waals surface area contributed by atoms with Gasteiger partial charge in [-0.1, -0.05) is 99.4 Å². The molecule has 0 atom stereocenters. The number of hydrogen-bond acceptors (Lipinski definition) is 8. The average Bonchev–Trinajstić information content (AvgIpc) is 3.66. The van der Waals surface area contributed by atoms with Crippen molar-refractivity contribution in [2.24, 2.45) is 0 Å². The Labute approximate surface area is 250 Å². The number of H-pyrrole nitrogens is 1. The zero-order chi connectivity index (χ0) is 30.6. The van der Waals surface area contributed by atoms with Crippen molar-refractivity contribution >= 4 is 0 Å². The van der Waals surface area contributed by atoms with Crippen LogP contribution in [0.1, 0.15) is 87.7 Å². The van der Waals surface area contributed by atoms with Crippen LogP contribution in [0, 0.1) is 6.92 Å². The van der Waals surface area contributed by atoms with Gasteiger partial charge in [-0.25, -0.2) is 9.78 Å². The molecular weight excluding hydrogens is 544 g/mol. The van der Waals surface area contributed by atoms with Gasteiger partial charge in [0.2, 0.25) is 5.89 Å². The third kappa shape index (κ3) is 6.58. The summed E-state index contributed by atoms with van der Waals surface area (Å²) in [6, 6.07) is 15.7. The Morgan fingerprint density at radius 2 is 1.65 bits per heavy atom. The van der Waals surface area contributed by atoms with Gasteiger partial charge >= 0.3 is 5.76 Å². The fraction of sp³-hybridized carbons (Fsp3) is 0.394. The predicted molar refractivity (Wildman–Crippen MR) is 164 cm³/mol. The number of rotatable bonds is 12. The normalized spacial score (nSPS) is 11.7. The minimum absolute atomic E-state index is 0.0874. The van der Waals surface area contributed by atoms with Gasteiger partial charge in [-0.15, -0.1) is 0 Å². The Kier molecular flexibility index (Phi) is 8.84. The highest BCUT2D eigenvalue weighted by Gasteiger charge is 2.26. The molecule has 0 amide bonds. The van der Waals surface area contributed by atoms with Gasteiger partial charge in [0.1, 0.15) is 5.82 Å². The molecule has 0 bridgehead atoms. The smallest absolute Gasteiger partial charge is 0.339 e. The van der Waals surface area contributed by atoms with Gasteiger partial charge < -0.3 is 4.52 Å². The summed E-state index contributed by atoms with van der Waals surface area (Å²) in [4.78, 5) is 37.7. The number of nitrogens with one attached hydrogen (secondary N) is 1. The lowest BCUT2D eigenvalue weighted by atomic mass is 9.87. The summed E-state index contributed by atoms with van der Waals surface area (Å²) >= 11 is 0. The van der Waals surface area contributed by atoms with E-state index in [4.69, 9.17) is 14.0 Å². The van der Waals surface area contributed by atoms with Gasteiger partial charge in [0.05, 0.1) is 13.0 Å². The number of hydrogen-bond donors (Lipinski definition) is 1. The number of benzene rings is 2. The number of aryl methyl sites for hydroxylation is 2. The fourth-order valence-electron chi connectivity index (χ4n) is 5.40. The van der Waals surface area contributed by atoms with E-state index in [9.17, 15) is 9.59 Å². The summed E-state index contributed by atoms with van der Waals surface area (Å²) in [5.74, 6) is 1.62. The third-order valence-electron chi connectivity index (χ3n) is 7.81. The van der Waals surface area contributed by atoms with E-state index in [1.54, 1.807) is 4.57 Å². The monoisotopic (exact) mass is 582 g/mol. The van der Waals surface area contributed by atoms with E-state index in [1.165, 1.54) is 0 Å². The zero-order valence-electron chi connectivity index (χ0n) is 25.4. The lowest BCUT2D eigenvalue weighted by molar-refractivity contribution is 0.356. The molecule has 2 aromatic carbocycles. The predicted octanol–water partition coefficient (Wildman–Crippen LogP) is 6.00. The molecule has 10 heteroatoms. The SMILES string of the molecule is CCCCc1nc(C)c(Cc2nc(C(C)(C)CCC)no2)c(=O)n1Cc1ccc(-c2ccccc2-c2noc(=O)[nH]2)cc1. The summed E-state index contributed by atoms with van der Waals surface area (Å²) in [6.45, 7) is 10.7. The molecule has 0 unspecified atom stereocenters. The van der Waals surface area contributed by atoms with Crippen molar-refractivity contribution in [2.75, 3.05) is 0 Å². The standard InChI is InChI=1S/C33H38N6O4/c1-6-8-13-27-34-21(3)26(19-28-35-31(38-42-28)33(4,5)18-7-2)30(40)39(27)20-22-14-16-23(17-15-22)24-11-9-10-12-25(24)29-36-32(41)43-37-29/h9-12,14-17H,6-8,13,18-20H2,1-5H3,(H,36,37,41). The molecule has 0 fully saturated rings. The molecule has 0 saturated carbocycles. The first-order chi connectivity index (χ1) is 20.7. The molecule has 10 nitrogen and oxygen atoms in total. The highest BCUT2D eigenvalue weighted by Crippen LogP contribution is 2.30. The fourth-order valence-corrected chi connectivity index (χ4v) is 5.40. The molecule has 5 aromatic rings. The molecule has 224 valence electrons. The van der Waals surface area contributed by atoms with Gasteiger partial charge in [-0.05, 0) is 36.5 Å². The van der Waals surface area contributed by atoms with E-state index in [-0.39, 0.29) is 17.4 Å². The summed E-state index contributed by atoms with van der Waals surface area (Å²) < 4.78 is 12.1. The Hall–Kier alpha value is -4.60. The van der Waals surface area contributed by atoms with E-state index in [0.717, 1.165) is 53.8 Å². The van der Waals surface area contributed by atoms with Gasteiger partial charge in [-0.2, -0.15) is 4.98 Å². The van der Waals surface area contributed by atoms with Crippen LogP contribution in [0.15, 0.2) is 67.2 Å². The Morgan fingerprint density at radius 1 is 0.907 bits per heavy atom. The number of nitrogens with zero attached hydrogens (tertiary/aromatic N) is 5. The van der Waals surface area contributed by atoms with Crippen LogP contribution in [-0.4, -0.2) is 29.8 Å². The minimum atomic E-state index is -0.601. The zero-order valence-corrected chi connectivity index (χ0v) is 25.4. The van der Waals surface area contributed by atoms with E-state index in [1.807, 2.05) is 55.5 Å². The van der Waals surface area contributed by atoms with Gasteiger partial charge in [0, 0.05) is 28.7 Å². The first kappa shape index (κ1) is 29.9. The molecular formula is C33H38N6O4. The summed E-state index contributed by atoms with van der Waals surface area (Å²) in [5.41, 5.74) is 4.54. The molecule has 3 heterocycles.